The van der Waals surface area contributed by atoms with Crippen LogP contribution in [0.1, 0.15) is 5.82 Å². The monoisotopic (exact) mass is 307 g/mol. The summed E-state index contributed by atoms with van der Waals surface area (Å²) < 4.78 is 0.886. The van der Waals surface area contributed by atoms with E-state index in [0.717, 1.165) is 27.0 Å². The summed E-state index contributed by atoms with van der Waals surface area (Å²) in [5.41, 5.74) is 2.23. The molecular weight excluding hydrogens is 298 g/mol. The van der Waals surface area contributed by atoms with Crippen molar-refractivity contribution >= 4 is 32.7 Å². The van der Waals surface area contributed by atoms with Gasteiger partial charge in [-0.2, -0.15) is 0 Å². The van der Waals surface area contributed by atoms with Gasteiger partial charge in [0, 0.05) is 16.9 Å². The average molecular weight is 308 g/mol. The second-order valence-corrected chi connectivity index (χ2v) is 4.70. The van der Waals surface area contributed by atoms with Crippen LogP contribution in [0.3, 0.4) is 0 Å². The molecule has 92 valence electrons. The summed E-state index contributed by atoms with van der Waals surface area (Å²) in [7, 11) is 0. The first-order valence-electron chi connectivity index (χ1n) is 5.36. The number of hydrogen-bond donors (Lipinski definition) is 4. The van der Waals surface area contributed by atoms with Crippen molar-refractivity contribution in [2.75, 3.05) is 5.32 Å². The number of fused-ring (bicyclic) bond motifs is 1. The number of halogens is 1. The molecule has 0 saturated heterocycles. The Bertz CT molecular complexity index is 728. The van der Waals surface area contributed by atoms with Gasteiger partial charge in [0.25, 0.3) is 0 Å². The van der Waals surface area contributed by atoms with Gasteiger partial charge in [-0.15, -0.1) is 0 Å². The molecule has 2 heterocycles. The van der Waals surface area contributed by atoms with E-state index in [4.69, 9.17) is 0 Å². The summed E-state index contributed by atoms with van der Waals surface area (Å²) >= 11 is 3.46. The van der Waals surface area contributed by atoms with Gasteiger partial charge in [0.2, 0.25) is 0 Å². The highest BCUT2D eigenvalue weighted by atomic mass is 79.9. The Balaban J connectivity index is 1.91. The van der Waals surface area contributed by atoms with Crippen LogP contribution < -0.4 is 11.0 Å². The Morgan fingerprint density at radius 2 is 2.06 bits per heavy atom. The maximum absolute atomic E-state index is 11.2. The number of hydrogen-bond acceptors (Lipinski definition) is 3. The molecule has 0 aliphatic heterocycles. The Hall–Kier alpha value is -2.02. The van der Waals surface area contributed by atoms with Gasteiger partial charge in [-0.1, -0.05) is 0 Å². The lowest BCUT2D eigenvalue weighted by molar-refractivity contribution is 0.999. The maximum Gasteiger partial charge on any atom is 0.323 e. The molecule has 1 aromatic carbocycles. The molecule has 0 spiro atoms. The number of nitrogens with zero attached hydrogens (tertiary/aromatic N) is 1. The molecule has 6 nitrogen and oxygen atoms in total. The van der Waals surface area contributed by atoms with E-state index >= 15 is 0 Å². The fourth-order valence-electron chi connectivity index (χ4n) is 1.77. The third-order valence-corrected chi connectivity index (χ3v) is 3.26. The van der Waals surface area contributed by atoms with Crippen molar-refractivity contribution in [2.45, 2.75) is 6.54 Å². The lowest BCUT2D eigenvalue weighted by Crippen LogP contribution is -2.01. The van der Waals surface area contributed by atoms with E-state index in [0.29, 0.717) is 6.54 Å². The Labute approximate surface area is 110 Å². The molecule has 3 rings (SSSR count). The molecule has 0 aliphatic rings. The summed E-state index contributed by atoms with van der Waals surface area (Å²) in [6.07, 6.45) is 3.48. The normalized spacial score (nSPS) is 10.9. The van der Waals surface area contributed by atoms with Crippen LogP contribution in [0.15, 0.2) is 33.8 Å². The first-order chi connectivity index (χ1) is 8.72. The van der Waals surface area contributed by atoms with Crippen LogP contribution >= 0.6 is 15.9 Å². The lowest BCUT2D eigenvalue weighted by atomic mass is 10.2. The molecule has 0 aliphatic carbocycles. The number of aromatic nitrogens is 4. The minimum atomic E-state index is -0.208. The van der Waals surface area contributed by atoms with Gasteiger partial charge in [-0.25, -0.2) is 9.78 Å². The fourth-order valence-corrected chi connectivity index (χ4v) is 2.25. The summed E-state index contributed by atoms with van der Waals surface area (Å²) in [6, 6.07) is 3.73. The van der Waals surface area contributed by atoms with Crippen LogP contribution in [-0.2, 0) is 6.54 Å². The van der Waals surface area contributed by atoms with Crippen LogP contribution in [0.2, 0.25) is 0 Å². The molecule has 18 heavy (non-hydrogen) atoms. The summed E-state index contributed by atoms with van der Waals surface area (Å²) in [5.74, 6) is 0.851. The number of rotatable bonds is 3. The molecule has 0 unspecified atom stereocenters. The number of nitrogens with one attached hydrogen (secondary N) is 4. The maximum atomic E-state index is 11.2. The van der Waals surface area contributed by atoms with Gasteiger partial charge >= 0.3 is 5.69 Å². The largest absolute Gasteiger partial charge is 0.377 e. The van der Waals surface area contributed by atoms with Crippen LogP contribution in [0, 0.1) is 0 Å². The molecule has 0 radical (unpaired) electrons. The van der Waals surface area contributed by atoms with Gasteiger partial charge in [-0.3, -0.25) is 0 Å². The number of benzene rings is 1. The van der Waals surface area contributed by atoms with Gasteiger partial charge in [0.1, 0.15) is 5.82 Å². The highest BCUT2D eigenvalue weighted by Gasteiger charge is 2.05. The first-order valence-corrected chi connectivity index (χ1v) is 6.15. The molecule has 0 saturated carbocycles. The van der Waals surface area contributed by atoms with Gasteiger partial charge in [0.15, 0.2) is 0 Å². The second-order valence-electron chi connectivity index (χ2n) is 3.85. The van der Waals surface area contributed by atoms with E-state index in [1.807, 2.05) is 12.1 Å². The number of imidazole rings is 2. The van der Waals surface area contributed by atoms with Crippen LogP contribution in [0.4, 0.5) is 5.69 Å². The molecule has 0 amide bonds. The van der Waals surface area contributed by atoms with E-state index in [1.54, 1.807) is 12.4 Å². The highest BCUT2D eigenvalue weighted by molar-refractivity contribution is 9.10. The predicted octanol–water partition coefficient (Wildman–Crippen LogP) is 1.95. The minimum absolute atomic E-state index is 0.208. The highest BCUT2D eigenvalue weighted by Crippen LogP contribution is 2.26. The quantitative estimate of drug-likeness (QED) is 0.596. The van der Waals surface area contributed by atoms with Crippen molar-refractivity contribution in [3.63, 3.8) is 0 Å². The smallest absolute Gasteiger partial charge is 0.323 e. The fraction of sp³-hybridized carbons (Fsp3) is 0.0909. The van der Waals surface area contributed by atoms with Crippen molar-refractivity contribution in [3.05, 3.63) is 45.3 Å². The third-order valence-electron chi connectivity index (χ3n) is 2.60. The third kappa shape index (κ3) is 2.04. The molecule has 0 atom stereocenters. The van der Waals surface area contributed by atoms with Crippen molar-refractivity contribution in [2.24, 2.45) is 0 Å². The van der Waals surface area contributed by atoms with Crippen molar-refractivity contribution in [1.29, 1.82) is 0 Å². The Morgan fingerprint density at radius 1 is 1.28 bits per heavy atom. The van der Waals surface area contributed by atoms with Crippen LogP contribution in [0.25, 0.3) is 11.0 Å². The van der Waals surface area contributed by atoms with E-state index in [2.05, 4.69) is 41.2 Å². The standard InChI is InChI=1S/C11H10BrN5O/c12-6-3-8-9(17-11(18)16-8)4-7(6)15-5-10-13-1-2-14-10/h1-4,15H,5H2,(H,13,14)(H2,16,17,18). The molecule has 4 N–H and O–H groups in total. The summed E-state index contributed by atoms with van der Waals surface area (Å²) in [4.78, 5) is 23.8. The van der Waals surface area contributed by atoms with E-state index in [-0.39, 0.29) is 5.69 Å². The lowest BCUT2D eigenvalue weighted by Gasteiger charge is -2.07. The van der Waals surface area contributed by atoms with Crippen molar-refractivity contribution in [3.8, 4) is 0 Å². The topological polar surface area (TPSA) is 89.4 Å². The number of H-pyrrole nitrogens is 3. The predicted molar refractivity (Wildman–Crippen MR) is 72.5 cm³/mol. The zero-order valence-electron chi connectivity index (χ0n) is 9.25. The average Bonchev–Trinajstić information content (AvgIpc) is 2.94. The van der Waals surface area contributed by atoms with Crippen LogP contribution in [-0.4, -0.2) is 19.9 Å². The van der Waals surface area contributed by atoms with Gasteiger partial charge in [0.05, 0.1) is 23.3 Å². The van der Waals surface area contributed by atoms with Gasteiger partial charge < -0.3 is 20.3 Å². The Kier molecular flexibility index (Phi) is 2.67. The van der Waals surface area contributed by atoms with Gasteiger partial charge in [-0.05, 0) is 28.1 Å². The Morgan fingerprint density at radius 3 is 2.78 bits per heavy atom. The number of anilines is 1. The SMILES string of the molecule is O=c1[nH]c2cc(Br)c(NCc3ncc[nH]3)cc2[nH]1. The molecule has 7 heteroatoms. The minimum Gasteiger partial charge on any atom is -0.377 e. The van der Waals surface area contributed by atoms with Crippen LogP contribution in [0.5, 0.6) is 0 Å². The molecular formula is C11H10BrN5O. The molecule has 0 bridgehead atoms. The van der Waals surface area contributed by atoms with Crippen molar-refractivity contribution < 1.29 is 0 Å². The number of aromatic amines is 3. The van der Waals surface area contributed by atoms with Crippen molar-refractivity contribution in [1.82, 2.24) is 19.9 Å². The van der Waals surface area contributed by atoms with E-state index < -0.39 is 0 Å². The molecule has 0 fully saturated rings. The second kappa shape index (κ2) is 4.34. The summed E-state index contributed by atoms with van der Waals surface area (Å²) in [6.45, 7) is 0.589. The molecule has 2 aromatic heterocycles. The first kappa shape index (κ1) is 11.1. The summed E-state index contributed by atoms with van der Waals surface area (Å²) in [5, 5.41) is 3.24. The molecule has 3 aromatic rings. The zero-order valence-corrected chi connectivity index (χ0v) is 10.8. The van der Waals surface area contributed by atoms with E-state index in [9.17, 15) is 4.79 Å². The zero-order chi connectivity index (χ0) is 12.5. The van der Waals surface area contributed by atoms with E-state index in [1.165, 1.54) is 0 Å².